The zero-order valence-corrected chi connectivity index (χ0v) is 10.9. The summed E-state index contributed by atoms with van der Waals surface area (Å²) in [5.41, 5.74) is 8.00. The van der Waals surface area contributed by atoms with E-state index in [4.69, 9.17) is 4.84 Å². The molecule has 0 radical (unpaired) electrons. The summed E-state index contributed by atoms with van der Waals surface area (Å²) in [6.45, 7) is 5.55. The van der Waals surface area contributed by atoms with Crippen LogP contribution < -0.4 is 5.48 Å². The molecule has 2 aromatic carbocycles. The molecular weight excluding hydrogens is 222 g/mol. The predicted molar refractivity (Wildman–Crippen MR) is 74.0 cm³/mol. The number of hydroxylamine groups is 1. The van der Waals surface area contributed by atoms with Gasteiger partial charge in [-0.25, -0.2) is 0 Å². The van der Waals surface area contributed by atoms with Crippen LogP contribution in [0.1, 0.15) is 22.3 Å². The van der Waals surface area contributed by atoms with Crippen LogP contribution in [0.5, 0.6) is 0 Å². The summed E-state index contributed by atoms with van der Waals surface area (Å²) in [6, 6.07) is 16.7. The number of benzene rings is 2. The highest BCUT2D eigenvalue weighted by Crippen LogP contribution is 2.08. The van der Waals surface area contributed by atoms with Gasteiger partial charge in [-0.05, 0) is 25.0 Å². The molecular formula is C16H19NO. The molecule has 2 rings (SSSR count). The van der Waals surface area contributed by atoms with Crippen LogP contribution in [0.2, 0.25) is 0 Å². The Hall–Kier alpha value is -1.64. The summed E-state index contributed by atoms with van der Waals surface area (Å²) in [6.07, 6.45) is 0. The van der Waals surface area contributed by atoms with Crippen molar-refractivity contribution < 1.29 is 4.84 Å². The second kappa shape index (κ2) is 6.34. The Kier molecular flexibility index (Phi) is 4.51. The first-order valence-electron chi connectivity index (χ1n) is 6.20. The molecule has 0 aromatic heterocycles. The van der Waals surface area contributed by atoms with Gasteiger partial charge >= 0.3 is 0 Å². The van der Waals surface area contributed by atoms with Crippen LogP contribution in [0, 0.1) is 13.8 Å². The Labute approximate surface area is 109 Å². The fraction of sp³-hybridized carbons (Fsp3) is 0.250. The number of aryl methyl sites for hydroxylation is 2. The maximum Gasteiger partial charge on any atom is 0.0933 e. The molecule has 0 saturated carbocycles. The first-order chi connectivity index (χ1) is 8.74. The Morgan fingerprint density at radius 2 is 1.56 bits per heavy atom. The van der Waals surface area contributed by atoms with E-state index in [1.165, 1.54) is 22.3 Å². The van der Waals surface area contributed by atoms with Gasteiger partial charge in [0.2, 0.25) is 0 Å². The summed E-state index contributed by atoms with van der Waals surface area (Å²) in [7, 11) is 0. The van der Waals surface area contributed by atoms with Crippen LogP contribution in [0.25, 0.3) is 0 Å². The van der Waals surface area contributed by atoms with Crippen LogP contribution in [0.15, 0.2) is 48.5 Å². The predicted octanol–water partition coefficient (Wildman–Crippen LogP) is 3.52. The van der Waals surface area contributed by atoms with Crippen LogP contribution in [-0.2, 0) is 18.0 Å². The lowest BCUT2D eigenvalue weighted by atomic mass is 10.1. The fourth-order valence-electron chi connectivity index (χ4n) is 2.01. The second-order valence-electron chi connectivity index (χ2n) is 4.59. The third-order valence-electron chi connectivity index (χ3n) is 2.74. The number of nitrogens with one attached hydrogen (secondary N) is 1. The minimum absolute atomic E-state index is 0.589. The molecule has 0 unspecified atom stereocenters. The Morgan fingerprint density at radius 1 is 0.889 bits per heavy atom. The number of hydrogen-bond acceptors (Lipinski definition) is 2. The summed E-state index contributed by atoms with van der Waals surface area (Å²) in [5.74, 6) is 0. The Morgan fingerprint density at radius 3 is 2.22 bits per heavy atom. The van der Waals surface area contributed by atoms with E-state index >= 15 is 0 Å². The van der Waals surface area contributed by atoms with E-state index in [1.54, 1.807) is 0 Å². The standard InChI is InChI=1S/C16H19NO/c1-13-8-14(2)10-16(9-13)11-17-18-12-15-6-4-3-5-7-15/h3-10,17H,11-12H2,1-2H3. The lowest BCUT2D eigenvalue weighted by Gasteiger charge is -2.08. The second-order valence-corrected chi connectivity index (χ2v) is 4.59. The molecule has 2 nitrogen and oxygen atoms in total. The van der Waals surface area contributed by atoms with Gasteiger partial charge < -0.3 is 0 Å². The van der Waals surface area contributed by atoms with Gasteiger partial charge in [0.1, 0.15) is 0 Å². The Bertz CT molecular complexity index is 473. The first kappa shape index (κ1) is 12.8. The lowest BCUT2D eigenvalue weighted by Crippen LogP contribution is -2.14. The molecule has 0 amide bonds. The van der Waals surface area contributed by atoms with Crippen molar-refractivity contribution in [3.63, 3.8) is 0 Å². The van der Waals surface area contributed by atoms with Crippen molar-refractivity contribution in [1.82, 2.24) is 5.48 Å². The van der Waals surface area contributed by atoms with Crippen molar-refractivity contribution >= 4 is 0 Å². The van der Waals surface area contributed by atoms with Gasteiger partial charge in [0, 0.05) is 6.54 Å². The minimum Gasteiger partial charge on any atom is -0.297 e. The Balaban J connectivity index is 1.78. The molecule has 0 atom stereocenters. The molecule has 1 N–H and O–H groups in total. The highest BCUT2D eigenvalue weighted by atomic mass is 16.6. The summed E-state index contributed by atoms with van der Waals surface area (Å²) >= 11 is 0. The van der Waals surface area contributed by atoms with Gasteiger partial charge in [-0.3, -0.25) is 4.84 Å². The first-order valence-corrected chi connectivity index (χ1v) is 6.20. The quantitative estimate of drug-likeness (QED) is 0.638. The van der Waals surface area contributed by atoms with Crippen molar-refractivity contribution in [2.75, 3.05) is 0 Å². The van der Waals surface area contributed by atoms with Gasteiger partial charge in [-0.15, -0.1) is 0 Å². The van der Waals surface area contributed by atoms with E-state index in [2.05, 4.69) is 49.7 Å². The SMILES string of the molecule is Cc1cc(C)cc(CNOCc2ccccc2)c1. The van der Waals surface area contributed by atoms with E-state index in [0.717, 1.165) is 6.54 Å². The molecule has 0 aliphatic rings. The average Bonchev–Trinajstić information content (AvgIpc) is 2.35. The lowest BCUT2D eigenvalue weighted by molar-refractivity contribution is 0.0235. The van der Waals surface area contributed by atoms with Crippen LogP contribution in [-0.4, -0.2) is 0 Å². The van der Waals surface area contributed by atoms with Crippen molar-refractivity contribution in [2.24, 2.45) is 0 Å². The van der Waals surface area contributed by atoms with E-state index < -0.39 is 0 Å². The number of hydrogen-bond donors (Lipinski definition) is 1. The molecule has 0 bridgehead atoms. The van der Waals surface area contributed by atoms with Gasteiger partial charge in [-0.1, -0.05) is 59.7 Å². The monoisotopic (exact) mass is 241 g/mol. The van der Waals surface area contributed by atoms with Gasteiger partial charge in [-0.2, -0.15) is 5.48 Å². The maximum atomic E-state index is 5.45. The van der Waals surface area contributed by atoms with Crippen molar-refractivity contribution in [3.05, 3.63) is 70.8 Å². The molecule has 0 spiro atoms. The smallest absolute Gasteiger partial charge is 0.0933 e. The molecule has 0 aliphatic carbocycles. The third kappa shape index (κ3) is 3.99. The summed E-state index contributed by atoms with van der Waals surface area (Å²) < 4.78 is 0. The number of rotatable bonds is 5. The third-order valence-corrected chi connectivity index (χ3v) is 2.74. The zero-order valence-electron chi connectivity index (χ0n) is 10.9. The fourth-order valence-corrected chi connectivity index (χ4v) is 2.01. The zero-order chi connectivity index (χ0) is 12.8. The van der Waals surface area contributed by atoms with Gasteiger partial charge in [0.15, 0.2) is 0 Å². The van der Waals surface area contributed by atoms with Crippen LogP contribution in [0.3, 0.4) is 0 Å². The van der Waals surface area contributed by atoms with E-state index in [9.17, 15) is 0 Å². The van der Waals surface area contributed by atoms with E-state index in [0.29, 0.717) is 6.61 Å². The van der Waals surface area contributed by atoms with Gasteiger partial charge in [0.25, 0.3) is 0 Å². The summed E-state index contributed by atoms with van der Waals surface area (Å²) in [4.78, 5) is 5.45. The molecule has 94 valence electrons. The topological polar surface area (TPSA) is 21.3 Å². The summed E-state index contributed by atoms with van der Waals surface area (Å²) in [5, 5.41) is 0. The van der Waals surface area contributed by atoms with E-state index in [-0.39, 0.29) is 0 Å². The molecule has 2 heteroatoms. The van der Waals surface area contributed by atoms with Crippen molar-refractivity contribution in [1.29, 1.82) is 0 Å². The maximum absolute atomic E-state index is 5.45. The molecule has 0 aliphatic heterocycles. The molecule has 0 fully saturated rings. The van der Waals surface area contributed by atoms with Crippen molar-refractivity contribution in [3.8, 4) is 0 Å². The van der Waals surface area contributed by atoms with Gasteiger partial charge in [0.05, 0.1) is 6.61 Å². The molecule has 18 heavy (non-hydrogen) atoms. The van der Waals surface area contributed by atoms with Crippen molar-refractivity contribution in [2.45, 2.75) is 27.0 Å². The highest BCUT2D eigenvalue weighted by molar-refractivity contribution is 5.28. The normalized spacial score (nSPS) is 10.6. The average molecular weight is 241 g/mol. The highest BCUT2D eigenvalue weighted by Gasteiger charge is 1.96. The van der Waals surface area contributed by atoms with E-state index in [1.807, 2.05) is 18.2 Å². The van der Waals surface area contributed by atoms with Crippen LogP contribution in [0.4, 0.5) is 0 Å². The van der Waals surface area contributed by atoms with Crippen LogP contribution >= 0.6 is 0 Å². The largest absolute Gasteiger partial charge is 0.297 e. The molecule has 0 heterocycles. The molecule has 0 saturated heterocycles. The molecule has 2 aromatic rings. The minimum atomic E-state index is 0.589.